The second-order valence-corrected chi connectivity index (χ2v) is 5.23. The Labute approximate surface area is 110 Å². The van der Waals surface area contributed by atoms with E-state index in [1.807, 2.05) is 30.5 Å². The molecule has 18 heavy (non-hydrogen) atoms. The number of para-hydroxylation sites is 1. The van der Waals surface area contributed by atoms with Crippen LogP contribution in [0.3, 0.4) is 0 Å². The number of benzene rings is 1. The van der Waals surface area contributed by atoms with Crippen LogP contribution in [-0.2, 0) is 15.3 Å². The molecule has 0 saturated heterocycles. The molecular formula is C13H15NO3S. The van der Waals surface area contributed by atoms with Gasteiger partial charge in [-0.25, -0.2) is 0 Å². The van der Waals surface area contributed by atoms with Crippen LogP contribution in [0.4, 0.5) is 5.69 Å². The highest BCUT2D eigenvalue weighted by molar-refractivity contribution is 7.97. The lowest BCUT2D eigenvalue weighted by Crippen LogP contribution is -2.17. The van der Waals surface area contributed by atoms with Crippen molar-refractivity contribution in [1.82, 2.24) is 0 Å². The number of nitrogens with one attached hydrogen (secondary N) is 1. The van der Waals surface area contributed by atoms with Crippen LogP contribution < -0.4 is 5.32 Å². The fourth-order valence-electron chi connectivity index (χ4n) is 1.91. The molecule has 96 valence electrons. The zero-order valence-corrected chi connectivity index (χ0v) is 10.9. The number of amides is 1. The lowest BCUT2D eigenvalue weighted by molar-refractivity contribution is -0.139. The summed E-state index contributed by atoms with van der Waals surface area (Å²) in [4.78, 5) is 22.6. The van der Waals surface area contributed by atoms with Crippen LogP contribution in [0.5, 0.6) is 0 Å². The zero-order chi connectivity index (χ0) is 13.1. The van der Waals surface area contributed by atoms with Gasteiger partial charge in [0, 0.05) is 11.4 Å². The summed E-state index contributed by atoms with van der Waals surface area (Å²) in [7, 11) is 0. The second kappa shape index (κ2) is 5.44. The third-order valence-corrected chi connectivity index (χ3v) is 3.62. The summed E-state index contributed by atoms with van der Waals surface area (Å²) in [6.45, 7) is 0. The van der Waals surface area contributed by atoms with Crippen molar-refractivity contribution in [3.8, 4) is 0 Å². The van der Waals surface area contributed by atoms with Gasteiger partial charge in [0.05, 0.1) is 11.8 Å². The lowest BCUT2D eigenvalue weighted by atomic mass is 10.2. The number of carbonyl (C=O) groups is 2. The highest BCUT2D eigenvalue weighted by Crippen LogP contribution is 2.39. The van der Waals surface area contributed by atoms with Crippen LogP contribution in [0.25, 0.3) is 0 Å². The van der Waals surface area contributed by atoms with Crippen molar-refractivity contribution in [3.63, 3.8) is 0 Å². The summed E-state index contributed by atoms with van der Waals surface area (Å²) in [6.07, 6.45) is 2.45. The fourth-order valence-corrected chi connectivity index (χ4v) is 2.47. The minimum atomic E-state index is -0.882. The van der Waals surface area contributed by atoms with E-state index in [2.05, 4.69) is 5.32 Å². The molecule has 1 amide bonds. The molecule has 1 aromatic carbocycles. The van der Waals surface area contributed by atoms with Crippen molar-refractivity contribution < 1.29 is 14.7 Å². The third-order valence-electron chi connectivity index (χ3n) is 3.02. The van der Waals surface area contributed by atoms with Gasteiger partial charge in [-0.1, -0.05) is 18.2 Å². The Bertz CT molecular complexity index is 475. The quantitative estimate of drug-likeness (QED) is 0.856. The number of rotatable bonds is 5. The summed E-state index contributed by atoms with van der Waals surface area (Å²) in [6, 6.07) is 7.61. The SMILES string of the molecule is CSCc1ccccc1NC(=O)C1CC1C(=O)O. The molecule has 0 heterocycles. The Kier molecular flexibility index (Phi) is 3.91. The molecule has 0 aliphatic heterocycles. The number of anilines is 1. The Morgan fingerprint density at radius 1 is 1.39 bits per heavy atom. The van der Waals surface area contributed by atoms with E-state index in [-0.39, 0.29) is 11.8 Å². The van der Waals surface area contributed by atoms with E-state index >= 15 is 0 Å². The van der Waals surface area contributed by atoms with Crippen molar-refractivity contribution in [1.29, 1.82) is 0 Å². The largest absolute Gasteiger partial charge is 0.481 e. The van der Waals surface area contributed by atoms with Gasteiger partial charge in [0.2, 0.25) is 5.91 Å². The minimum absolute atomic E-state index is 0.184. The summed E-state index contributed by atoms with van der Waals surface area (Å²) in [5.74, 6) is -1.12. The molecule has 2 rings (SSSR count). The molecule has 0 spiro atoms. The van der Waals surface area contributed by atoms with Gasteiger partial charge in [0.1, 0.15) is 0 Å². The van der Waals surface area contributed by atoms with Crippen LogP contribution >= 0.6 is 11.8 Å². The van der Waals surface area contributed by atoms with Crippen molar-refractivity contribution >= 4 is 29.3 Å². The summed E-state index contributed by atoms with van der Waals surface area (Å²) < 4.78 is 0. The van der Waals surface area contributed by atoms with Crippen LogP contribution in [-0.4, -0.2) is 23.2 Å². The van der Waals surface area contributed by atoms with Crippen LogP contribution in [0, 0.1) is 11.8 Å². The molecule has 0 radical (unpaired) electrons. The summed E-state index contributed by atoms with van der Waals surface area (Å²) in [5.41, 5.74) is 1.85. The minimum Gasteiger partial charge on any atom is -0.481 e. The van der Waals surface area contributed by atoms with Gasteiger partial charge in [0.15, 0.2) is 0 Å². The first-order valence-corrected chi connectivity index (χ1v) is 7.13. The van der Waals surface area contributed by atoms with Gasteiger partial charge in [-0.3, -0.25) is 9.59 Å². The van der Waals surface area contributed by atoms with Crippen molar-refractivity contribution in [3.05, 3.63) is 29.8 Å². The standard InChI is InChI=1S/C13H15NO3S/c1-18-7-8-4-2-3-5-11(8)14-12(15)9-6-10(9)13(16)17/h2-5,9-10H,6-7H2,1H3,(H,14,15)(H,16,17). The molecule has 1 aliphatic rings. The van der Waals surface area contributed by atoms with Crippen LogP contribution in [0.2, 0.25) is 0 Å². The molecule has 4 nitrogen and oxygen atoms in total. The number of aliphatic carboxylic acids is 1. The summed E-state index contributed by atoms with van der Waals surface area (Å²) >= 11 is 1.68. The first kappa shape index (κ1) is 13.0. The molecule has 0 bridgehead atoms. The maximum absolute atomic E-state index is 11.9. The molecule has 1 aromatic rings. The van der Waals surface area contributed by atoms with E-state index in [0.717, 1.165) is 17.0 Å². The molecule has 2 unspecified atom stereocenters. The fraction of sp³-hybridized carbons (Fsp3) is 0.385. The molecule has 5 heteroatoms. The molecule has 1 saturated carbocycles. The van der Waals surface area contributed by atoms with E-state index in [9.17, 15) is 9.59 Å². The van der Waals surface area contributed by atoms with Crippen LogP contribution in [0.15, 0.2) is 24.3 Å². The van der Waals surface area contributed by atoms with Crippen molar-refractivity contribution in [2.24, 2.45) is 11.8 Å². The highest BCUT2D eigenvalue weighted by atomic mass is 32.2. The van der Waals surface area contributed by atoms with E-state index in [1.54, 1.807) is 11.8 Å². The van der Waals surface area contributed by atoms with E-state index in [4.69, 9.17) is 5.11 Å². The summed E-state index contributed by atoms with van der Waals surface area (Å²) in [5, 5.41) is 11.6. The molecular weight excluding hydrogens is 250 g/mol. The Balaban J connectivity index is 2.01. The number of carboxylic acid groups (broad SMARTS) is 1. The number of carbonyl (C=O) groups excluding carboxylic acids is 1. The number of thioether (sulfide) groups is 1. The van der Waals surface area contributed by atoms with Gasteiger partial charge < -0.3 is 10.4 Å². The van der Waals surface area contributed by atoms with Crippen molar-refractivity contribution in [2.45, 2.75) is 12.2 Å². The first-order valence-electron chi connectivity index (χ1n) is 5.74. The Morgan fingerprint density at radius 2 is 2.11 bits per heavy atom. The van der Waals surface area contributed by atoms with E-state index in [0.29, 0.717) is 6.42 Å². The van der Waals surface area contributed by atoms with Gasteiger partial charge in [-0.15, -0.1) is 0 Å². The van der Waals surface area contributed by atoms with E-state index in [1.165, 1.54) is 0 Å². The predicted molar refractivity (Wildman–Crippen MR) is 71.5 cm³/mol. The van der Waals surface area contributed by atoms with Gasteiger partial charge >= 0.3 is 5.97 Å². The lowest BCUT2D eigenvalue weighted by Gasteiger charge is -2.09. The average molecular weight is 265 g/mol. The van der Waals surface area contributed by atoms with Crippen LogP contribution in [0.1, 0.15) is 12.0 Å². The normalized spacial score (nSPS) is 21.4. The zero-order valence-electron chi connectivity index (χ0n) is 10.1. The Hall–Kier alpha value is -1.49. The smallest absolute Gasteiger partial charge is 0.307 e. The molecule has 2 atom stereocenters. The maximum atomic E-state index is 11.9. The molecule has 1 aliphatic carbocycles. The molecule has 1 fully saturated rings. The van der Waals surface area contributed by atoms with E-state index < -0.39 is 11.9 Å². The van der Waals surface area contributed by atoms with Gasteiger partial charge in [-0.05, 0) is 24.3 Å². The van der Waals surface area contributed by atoms with Gasteiger partial charge in [0.25, 0.3) is 0 Å². The molecule has 2 N–H and O–H groups in total. The Morgan fingerprint density at radius 3 is 2.72 bits per heavy atom. The number of hydrogen-bond acceptors (Lipinski definition) is 3. The molecule has 0 aromatic heterocycles. The second-order valence-electron chi connectivity index (χ2n) is 4.37. The topological polar surface area (TPSA) is 66.4 Å². The predicted octanol–water partition coefficient (Wildman–Crippen LogP) is 2.21. The average Bonchev–Trinajstić information content (AvgIpc) is 3.12. The first-order chi connectivity index (χ1) is 8.63. The maximum Gasteiger partial charge on any atom is 0.307 e. The monoisotopic (exact) mass is 265 g/mol. The highest BCUT2D eigenvalue weighted by Gasteiger charge is 2.48. The number of carboxylic acids is 1. The number of hydrogen-bond donors (Lipinski definition) is 2. The van der Waals surface area contributed by atoms with Crippen molar-refractivity contribution in [2.75, 3.05) is 11.6 Å². The third kappa shape index (κ3) is 2.85. The van der Waals surface area contributed by atoms with Gasteiger partial charge in [-0.2, -0.15) is 11.8 Å².